The van der Waals surface area contributed by atoms with Crippen molar-refractivity contribution in [3.63, 3.8) is 0 Å². The Balaban J connectivity index is 2.64. The molecule has 1 aromatic rings. The Kier molecular flexibility index (Phi) is 2.97. The highest BCUT2D eigenvalue weighted by molar-refractivity contribution is 5.56. The predicted octanol–water partition coefficient (Wildman–Crippen LogP) is 2.07. The van der Waals surface area contributed by atoms with Gasteiger partial charge in [-0.15, -0.1) is 0 Å². The van der Waals surface area contributed by atoms with E-state index in [9.17, 15) is 9.18 Å². The van der Waals surface area contributed by atoms with E-state index in [1.54, 1.807) is 0 Å². The van der Waals surface area contributed by atoms with Crippen molar-refractivity contribution in [1.29, 1.82) is 0 Å². The van der Waals surface area contributed by atoms with Gasteiger partial charge in [-0.05, 0) is 12.5 Å². The Morgan fingerprint density at radius 3 is 2.50 bits per heavy atom. The summed E-state index contributed by atoms with van der Waals surface area (Å²) in [5, 5.41) is 0. The number of rotatable bonds is 3. The number of aldehydes is 1. The molecule has 0 radical (unpaired) electrons. The Morgan fingerprint density at radius 1 is 1.42 bits per heavy atom. The first-order valence-electron chi connectivity index (χ1n) is 3.87. The molecule has 1 unspecified atom stereocenters. The van der Waals surface area contributed by atoms with Gasteiger partial charge in [-0.3, -0.25) is 0 Å². The van der Waals surface area contributed by atoms with Crippen LogP contribution in [0.3, 0.4) is 0 Å². The second-order valence-corrected chi connectivity index (χ2v) is 2.84. The molecule has 1 rings (SSSR count). The molecule has 64 valence electrons. The zero-order valence-electron chi connectivity index (χ0n) is 6.96. The fourth-order valence-corrected chi connectivity index (χ4v) is 0.997. The molecule has 0 saturated carbocycles. The first kappa shape index (κ1) is 8.91. The van der Waals surface area contributed by atoms with Crippen LogP contribution in [-0.4, -0.2) is 12.5 Å². The molecule has 0 saturated heterocycles. The van der Waals surface area contributed by atoms with Crippen LogP contribution in [0.2, 0.25) is 0 Å². The van der Waals surface area contributed by atoms with Crippen LogP contribution in [0.1, 0.15) is 11.1 Å². The maximum atomic E-state index is 12.6. The summed E-state index contributed by atoms with van der Waals surface area (Å²) in [6, 6.07) is 7.50. The monoisotopic (exact) mass is 166 g/mol. The minimum atomic E-state index is -1.37. The summed E-state index contributed by atoms with van der Waals surface area (Å²) < 4.78 is 12.6. The van der Waals surface area contributed by atoms with Crippen molar-refractivity contribution in [3.8, 4) is 0 Å². The first-order valence-corrected chi connectivity index (χ1v) is 3.87. The average Bonchev–Trinajstić information content (AvgIpc) is 2.09. The second kappa shape index (κ2) is 4.00. The van der Waals surface area contributed by atoms with Crippen LogP contribution in [0.4, 0.5) is 4.39 Å². The van der Waals surface area contributed by atoms with E-state index < -0.39 is 6.17 Å². The minimum Gasteiger partial charge on any atom is -0.300 e. The van der Waals surface area contributed by atoms with Crippen LogP contribution in [-0.2, 0) is 11.2 Å². The third kappa shape index (κ3) is 2.46. The Bertz CT molecular complexity index is 253. The molecule has 0 aromatic heterocycles. The minimum absolute atomic E-state index is 0.184. The molecule has 1 nitrogen and oxygen atoms in total. The molecule has 2 heteroatoms. The Morgan fingerprint density at radius 2 is 2.00 bits per heavy atom. The van der Waals surface area contributed by atoms with Gasteiger partial charge in [0.15, 0.2) is 12.5 Å². The van der Waals surface area contributed by atoms with Crippen molar-refractivity contribution in [2.75, 3.05) is 0 Å². The molecule has 12 heavy (non-hydrogen) atoms. The van der Waals surface area contributed by atoms with E-state index in [4.69, 9.17) is 0 Å². The molecule has 0 spiro atoms. The SMILES string of the molecule is Cc1ccc(CC(F)C=O)cc1. The number of carbonyl (C=O) groups is 1. The number of alkyl halides is 1. The zero-order chi connectivity index (χ0) is 8.97. The van der Waals surface area contributed by atoms with Crippen LogP contribution >= 0.6 is 0 Å². The Labute approximate surface area is 71.2 Å². The molecule has 0 aliphatic rings. The van der Waals surface area contributed by atoms with Crippen molar-refractivity contribution < 1.29 is 9.18 Å². The summed E-state index contributed by atoms with van der Waals surface area (Å²) in [6.45, 7) is 1.97. The predicted molar refractivity (Wildman–Crippen MR) is 45.8 cm³/mol. The molecular weight excluding hydrogens is 155 g/mol. The van der Waals surface area contributed by atoms with Gasteiger partial charge < -0.3 is 4.79 Å². The fourth-order valence-electron chi connectivity index (χ4n) is 0.997. The van der Waals surface area contributed by atoms with Crippen LogP contribution in [0.25, 0.3) is 0 Å². The number of hydrogen-bond donors (Lipinski definition) is 0. The lowest BCUT2D eigenvalue weighted by atomic mass is 10.1. The maximum Gasteiger partial charge on any atom is 0.159 e. The number of benzene rings is 1. The van der Waals surface area contributed by atoms with Gasteiger partial charge >= 0.3 is 0 Å². The van der Waals surface area contributed by atoms with E-state index in [-0.39, 0.29) is 6.42 Å². The highest BCUT2D eigenvalue weighted by Gasteiger charge is 2.04. The molecule has 0 N–H and O–H groups in total. The van der Waals surface area contributed by atoms with Crippen LogP contribution in [0.15, 0.2) is 24.3 Å². The van der Waals surface area contributed by atoms with Crippen molar-refractivity contribution in [2.45, 2.75) is 19.5 Å². The summed E-state index contributed by atoms with van der Waals surface area (Å²) in [5.41, 5.74) is 2.00. The first-order chi connectivity index (χ1) is 5.72. The van der Waals surface area contributed by atoms with Gasteiger partial charge in [-0.2, -0.15) is 0 Å². The van der Waals surface area contributed by atoms with E-state index in [0.29, 0.717) is 6.29 Å². The normalized spacial score (nSPS) is 12.5. The highest BCUT2D eigenvalue weighted by Crippen LogP contribution is 2.06. The number of carbonyl (C=O) groups excluding carboxylic acids is 1. The number of aryl methyl sites for hydroxylation is 1. The van der Waals surface area contributed by atoms with Crippen LogP contribution in [0, 0.1) is 6.92 Å². The van der Waals surface area contributed by atoms with Crippen molar-refractivity contribution in [2.24, 2.45) is 0 Å². The molecule has 0 aliphatic carbocycles. The van der Waals surface area contributed by atoms with Crippen LogP contribution < -0.4 is 0 Å². The van der Waals surface area contributed by atoms with Gasteiger partial charge in [0.1, 0.15) is 0 Å². The molecule has 0 aliphatic heterocycles. The van der Waals surface area contributed by atoms with E-state index in [2.05, 4.69) is 0 Å². The average molecular weight is 166 g/mol. The van der Waals surface area contributed by atoms with Crippen molar-refractivity contribution in [1.82, 2.24) is 0 Å². The standard InChI is InChI=1S/C10H11FO/c1-8-2-4-9(5-3-8)6-10(11)7-12/h2-5,7,10H,6H2,1H3. The lowest BCUT2D eigenvalue weighted by molar-refractivity contribution is -0.111. The van der Waals surface area contributed by atoms with Crippen molar-refractivity contribution >= 4 is 6.29 Å². The van der Waals surface area contributed by atoms with E-state index in [1.807, 2.05) is 31.2 Å². The van der Waals surface area contributed by atoms with E-state index in [0.717, 1.165) is 11.1 Å². The molecule has 1 aromatic carbocycles. The summed E-state index contributed by atoms with van der Waals surface area (Å²) in [5.74, 6) is 0. The summed E-state index contributed by atoms with van der Waals surface area (Å²) >= 11 is 0. The van der Waals surface area contributed by atoms with E-state index >= 15 is 0 Å². The Hall–Kier alpha value is -1.18. The molecule has 0 amide bonds. The summed E-state index contributed by atoms with van der Waals surface area (Å²) in [4.78, 5) is 10.0. The number of hydrogen-bond acceptors (Lipinski definition) is 1. The lowest BCUT2D eigenvalue weighted by Gasteiger charge is -2.00. The smallest absolute Gasteiger partial charge is 0.159 e. The van der Waals surface area contributed by atoms with Crippen molar-refractivity contribution in [3.05, 3.63) is 35.4 Å². The molecule has 0 fully saturated rings. The third-order valence-corrected chi connectivity index (χ3v) is 1.70. The molecule has 0 heterocycles. The van der Waals surface area contributed by atoms with Gasteiger partial charge in [0.2, 0.25) is 0 Å². The highest BCUT2D eigenvalue weighted by atomic mass is 19.1. The maximum absolute atomic E-state index is 12.6. The molecule has 1 atom stereocenters. The van der Waals surface area contributed by atoms with Gasteiger partial charge in [-0.25, -0.2) is 4.39 Å². The third-order valence-electron chi connectivity index (χ3n) is 1.70. The summed E-state index contributed by atoms with van der Waals surface area (Å²) in [7, 11) is 0. The largest absolute Gasteiger partial charge is 0.300 e. The fraction of sp³-hybridized carbons (Fsp3) is 0.300. The summed E-state index contributed by atoms with van der Waals surface area (Å²) in [6.07, 6.45) is -0.850. The topological polar surface area (TPSA) is 17.1 Å². The second-order valence-electron chi connectivity index (χ2n) is 2.84. The molecular formula is C10H11FO. The van der Waals surface area contributed by atoms with E-state index in [1.165, 1.54) is 0 Å². The van der Waals surface area contributed by atoms with Gasteiger partial charge in [0.25, 0.3) is 0 Å². The van der Waals surface area contributed by atoms with Gasteiger partial charge in [0.05, 0.1) is 0 Å². The zero-order valence-corrected chi connectivity index (χ0v) is 6.96. The number of halogens is 1. The lowest BCUT2D eigenvalue weighted by Crippen LogP contribution is -2.05. The van der Waals surface area contributed by atoms with Crippen LogP contribution in [0.5, 0.6) is 0 Å². The molecule has 0 bridgehead atoms. The quantitative estimate of drug-likeness (QED) is 0.628. The van der Waals surface area contributed by atoms with Gasteiger partial charge in [-0.1, -0.05) is 29.8 Å². The van der Waals surface area contributed by atoms with Gasteiger partial charge in [0, 0.05) is 6.42 Å².